The van der Waals surface area contributed by atoms with E-state index in [0.717, 1.165) is 0 Å². The molecule has 6 heteroatoms. The molecule has 0 aliphatic heterocycles. The molecule has 4 N–H and O–H groups in total. The molecule has 0 saturated heterocycles. The molecule has 0 aromatic carbocycles. The predicted molar refractivity (Wildman–Crippen MR) is 38.6 cm³/mol. The first-order chi connectivity index (χ1) is 5.46. The zero-order chi connectivity index (χ0) is 10.3. The van der Waals surface area contributed by atoms with E-state index in [9.17, 15) is 9.59 Å². The number of aliphatic hydroxyl groups excluding tert-OH is 2. The van der Waals surface area contributed by atoms with E-state index >= 15 is 0 Å². The van der Waals surface area contributed by atoms with Crippen LogP contribution < -0.4 is 0 Å². The van der Waals surface area contributed by atoms with Gasteiger partial charge >= 0.3 is 11.9 Å². The van der Waals surface area contributed by atoms with E-state index in [1.54, 1.807) is 0 Å². The maximum absolute atomic E-state index is 9.77. The zero-order valence-corrected chi connectivity index (χ0v) is 6.76. The van der Waals surface area contributed by atoms with Crippen molar-refractivity contribution in [3.05, 3.63) is 0 Å². The number of hydrogen-bond acceptors (Lipinski definition) is 4. The Hall–Kier alpha value is -1.14. The van der Waals surface area contributed by atoms with Gasteiger partial charge in [0.25, 0.3) is 0 Å². The van der Waals surface area contributed by atoms with Gasteiger partial charge in [-0.25, -0.2) is 9.59 Å². The highest BCUT2D eigenvalue weighted by Gasteiger charge is 2.29. The Balaban J connectivity index is 0. The normalized spacial score (nSPS) is 13.7. The summed E-state index contributed by atoms with van der Waals surface area (Å²) < 4.78 is 0. The van der Waals surface area contributed by atoms with Gasteiger partial charge in [-0.05, 0) is 0 Å². The molecule has 0 rings (SSSR count). The molecule has 0 saturated carbocycles. The highest BCUT2D eigenvalue weighted by molar-refractivity contribution is 5.82. The largest absolute Gasteiger partial charge is 0.479 e. The lowest BCUT2D eigenvalue weighted by Crippen LogP contribution is -2.39. The fourth-order valence-corrected chi connectivity index (χ4v) is 0.270. The van der Waals surface area contributed by atoms with E-state index < -0.39 is 24.1 Å². The van der Waals surface area contributed by atoms with Gasteiger partial charge in [-0.2, -0.15) is 0 Å². The highest BCUT2D eigenvalue weighted by atomic mass is 16.4. The molecule has 0 aliphatic rings. The maximum atomic E-state index is 9.77. The molecule has 0 aliphatic carbocycles. The summed E-state index contributed by atoms with van der Waals surface area (Å²) in [6.07, 6.45) is -4.53. The minimum atomic E-state index is -2.27. The highest BCUT2D eigenvalue weighted by Crippen LogP contribution is 1.92. The van der Waals surface area contributed by atoms with Crippen molar-refractivity contribution in [1.29, 1.82) is 0 Å². The quantitative estimate of drug-likeness (QED) is 0.438. The van der Waals surface area contributed by atoms with Crippen LogP contribution in [0.5, 0.6) is 0 Å². The third-order valence-electron chi connectivity index (χ3n) is 0.805. The van der Waals surface area contributed by atoms with Crippen LogP contribution in [-0.4, -0.2) is 44.6 Å². The summed E-state index contributed by atoms with van der Waals surface area (Å²) in [6.45, 7) is 4.00. The number of rotatable bonds is 3. The third kappa shape index (κ3) is 4.64. The monoisotopic (exact) mass is 180 g/mol. The first-order valence-corrected chi connectivity index (χ1v) is 3.28. The summed E-state index contributed by atoms with van der Waals surface area (Å²) in [7, 11) is 0. The van der Waals surface area contributed by atoms with Gasteiger partial charge in [-0.3, -0.25) is 0 Å². The van der Waals surface area contributed by atoms with Crippen molar-refractivity contribution in [3.63, 3.8) is 0 Å². The van der Waals surface area contributed by atoms with Crippen LogP contribution in [0.4, 0.5) is 0 Å². The fourth-order valence-electron chi connectivity index (χ4n) is 0.270. The summed E-state index contributed by atoms with van der Waals surface area (Å²) in [5.74, 6) is -3.54. The summed E-state index contributed by atoms with van der Waals surface area (Å²) in [6, 6.07) is 0. The maximum Gasteiger partial charge on any atom is 0.335 e. The Morgan fingerprint density at radius 2 is 1.08 bits per heavy atom. The second-order valence-electron chi connectivity index (χ2n) is 1.57. The van der Waals surface area contributed by atoms with Gasteiger partial charge in [0.1, 0.15) is 0 Å². The minimum Gasteiger partial charge on any atom is -0.479 e. The van der Waals surface area contributed by atoms with Gasteiger partial charge in [0.2, 0.25) is 0 Å². The SMILES string of the molecule is CC.O=C(O)C(O)C(O)C(=O)O. The number of hydrogen-bond donors (Lipinski definition) is 4. The Labute approximate surface area is 69.1 Å². The Morgan fingerprint density at radius 3 is 1.17 bits per heavy atom. The fraction of sp³-hybridized carbons (Fsp3) is 0.667. The second-order valence-corrected chi connectivity index (χ2v) is 1.57. The molecular formula is C6H12O6. The number of aliphatic hydroxyl groups is 2. The number of carboxylic acid groups (broad SMARTS) is 2. The van der Waals surface area contributed by atoms with Crippen molar-refractivity contribution < 1.29 is 30.0 Å². The van der Waals surface area contributed by atoms with Crippen molar-refractivity contribution in [2.45, 2.75) is 26.1 Å². The molecule has 0 bridgehead atoms. The van der Waals surface area contributed by atoms with Crippen LogP contribution in [0.15, 0.2) is 0 Å². The summed E-state index contributed by atoms with van der Waals surface area (Å²) >= 11 is 0. The lowest BCUT2D eigenvalue weighted by Gasteiger charge is -2.07. The first kappa shape index (κ1) is 13.4. The topological polar surface area (TPSA) is 115 Å². The molecule has 0 heterocycles. The van der Waals surface area contributed by atoms with Gasteiger partial charge in [-0.15, -0.1) is 0 Å². The third-order valence-corrected chi connectivity index (χ3v) is 0.805. The van der Waals surface area contributed by atoms with Crippen LogP contribution in [0.25, 0.3) is 0 Å². The molecule has 12 heavy (non-hydrogen) atoms. The van der Waals surface area contributed by atoms with Gasteiger partial charge in [0.05, 0.1) is 0 Å². The van der Waals surface area contributed by atoms with Crippen LogP contribution >= 0.6 is 0 Å². The summed E-state index contributed by atoms with van der Waals surface area (Å²) in [5, 5.41) is 32.5. The van der Waals surface area contributed by atoms with Crippen LogP contribution in [0, 0.1) is 0 Å². The molecule has 2 unspecified atom stereocenters. The van der Waals surface area contributed by atoms with Crippen LogP contribution in [0.3, 0.4) is 0 Å². The van der Waals surface area contributed by atoms with Crippen molar-refractivity contribution in [2.75, 3.05) is 0 Å². The van der Waals surface area contributed by atoms with E-state index in [4.69, 9.17) is 20.4 Å². The smallest absolute Gasteiger partial charge is 0.335 e. The van der Waals surface area contributed by atoms with Gasteiger partial charge < -0.3 is 20.4 Å². The van der Waals surface area contributed by atoms with Crippen molar-refractivity contribution >= 4 is 11.9 Å². The van der Waals surface area contributed by atoms with Crippen molar-refractivity contribution in [2.24, 2.45) is 0 Å². The average molecular weight is 180 g/mol. The second kappa shape index (κ2) is 6.56. The summed E-state index contributed by atoms with van der Waals surface area (Å²) in [4.78, 5) is 19.5. The van der Waals surface area contributed by atoms with Gasteiger partial charge in [-0.1, -0.05) is 13.8 Å². The molecule has 72 valence electrons. The Bertz CT molecular complexity index is 136. The standard InChI is InChI=1S/C4H6O6.C2H6/c5-1(3(7)8)2(6)4(9)10;1-2/h1-2,5-6H,(H,7,8)(H,9,10);1-2H3. The van der Waals surface area contributed by atoms with E-state index in [-0.39, 0.29) is 0 Å². The predicted octanol–water partition coefficient (Wildman–Crippen LogP) is -1.10. The lowest BCUT2D eigenvalue weighted by atomic mass is 10.2. The van der Waals surface area contributed by atoms with Crippen molar-refractivity contribution in [3.8, 4) is 0 Å². The first-order valence-electron chi connectivity index (χ1n) is 3.28. The molecule has 0 aromatic rings. The van der Waals surface area contributed by atoms with Crippen LogP contribution in [-0.2, 0) is 9.59 Å². The molecule has 2 atom stereocenters. The molecule has 0 amide bonds. The zero-order valence-electron chi connectivity index (χ0n) is 6.76. The number of carbonyl (C=O) groups is 2. The van der Waals surface area contributed by atoms with Gasteiger partial charge in [0.15, 0.2) is 12.2 Å². The van der Waals surface area contributed by atoms with E-state index in [1.807, 2.05) is 13.8 Å². The Kier molecular flexibility index (Phi) is 7.36. The molecule has 0 spiro atoms. The molecular weight excluding hydrogens is 168 g/mol. The summed E-state index contributed by atoms with van der Waals surface area (Å²) in [5.41, 5.74) is 0. The molecule has 0 aromatic heterocycles. The average Bonchev–Trinajstić information content (AvgIpc) is 2.05. The van der Waals surface area contributed by atoms with E-state index in [1.165, 1.54) is 0 Å². The van der Waals surface area contributed by atoms with Crippen molar-refractivity contribution in [1.82, 2.24) is 0 Å². The molecule has 0 fully saturated rings. The van der Waals surface area contributed by atoms with Crippen LogP contribution in [0.2, 0.25) is 0 Å². The number of aliphatic carboxylic acids is 2. The Morgan fingerprint density at radius 1 is 0.917 bits per heavy atom. The van der Waals surface area contributed by atoms with Gasteiger partial charge in [0, 0.05) is 0 Å². The minimum absolute atomic E-state index is 1.77. The lowest BCUT2D eigenvalue weighted by molar-refractivity contribution is -0.165. The number of carboxylic acids is 2. The molecule has 0 radical (unpaired) electrons. The van der Waals surface area contributed by atoms with Crippen LogP contribution in [0.1, 0.15) is 13.8 Å². The van der Waals surface area contributed by atoms with E-state index in [0.29, 0.717) is 0 Å². The van der Waals surface area contributed by atoms with E-state index in [2.05, 4.69) is 0 Å². The molecule has 6 nitrogen and oxygen atoms in total.